The third-order valence-corrected chi connectivity index (χ3v) is 3.83. The van der Waals surface area contributed by atoms with Crippen molar-refractivity contribution in [2.24, 2.45) is 0 Å². The van der Waals surface area contributed by atoms with Crippen LogP contribution in [0.15, 0.2) is 36.4 Å². The second kappa shape index (κ2) is 7.77. The maximum Gasteiger partial charge on any atom is 0.323 e. The van der Waals surface area contributed by atoms with Crippen LogP contribution in [0.3, 0.4) is 0 Å². The Kier molecular flexibility index (Phi) is 5.73. The molecular weight excluding hydrogens is 306 g/mol. The normalized spacial score (nSPS) is 12.0. The fourth-order valence-electron chi connectivity index (χ4n) is 2.76. The molecule has 0 saturated carbocycles. The largest absolute Gasteiger partial charge is 0.480 e. The number of hydrogen-bond acceptors (Lipinski definition) is 3. The van der Waals surface area contributed by atoms with Gasteiger partial charge in [-0.25, -0.2) is 0 Å². The van der Waals surface area contributed by atoms with E-state index in [0.29, 0.717) is 0 Å². The van der Waals surface area contributed by atoms with Crippen molar-refractivity contribution in [2.75, 3.05) is 6.54 Å². The van der Waals surface area contributed by atoms with E-state index in [9.17, 15) is 9.59 Å². The van der Waals surface area contributed by atoms with Gasteiger partial charge in [-0.2, -0.15) is 5.10 Å². The third-order valence-electron chi connectivity index (χ3n) is 3.83. The number of rotatable bonds is 7. The molecule has 24 heavy (non-hydrogen) atoms. The van der Waals surface area contributed by atoms with E-state index < -0.39 is 5.97 Å². The monoisotopic (exact) mass is 329 g/mol. The highest BCUT2D eigenvalue weighted by molar-refractivity contribution is 5.81. The molecule has 0 saturated heterocycles. The summed E-state index contributed by atoms with van der Waals surface area (Å²) in [5, 5.41) is 13.5. The minimum atomic E-state index is -1.02. The SMILES string of the molecule is Cc1cc(C)n(C(C)CC(=O)N(CC(=O)O)Cc2ccccc2)n1. The number of benzene rings is 1. The number of carboxylic acid groups (broad SMARTS) is 1. The quantitative estimate of drug-likeness (QED) is 0.847. The average molecular weight is 329 g/mol. The van der Waals surface area contributed by atoms with E-state index in [0.717, 1.165) is 17.0 Å². The lowest BCUT2D eigenvalue weighted by atomic mass is 10.1. The number of carbonyl (C=O) groups is 2. The Balaban J connectivity index is 2.09. The van der Waals surface area contributed by atoms with E-state index in [4.69, 9.17) is 5.11 Å². The van der Waals surface area contributed by atoms with Crippen LogP contribution in [0.4, 0.5) is 0 Å². The van der Waals surface area contributed by atoms with Crippen LogP contribution in [-0.4, -0.2) is 38.2 Å². The summed E-state index contributed by atoms with van der Waals surface area (Å²) in [5.74, 6) is -1.21. The molecule has 0 aliphatic carbocycles. The van der Waals surface area contributed by atoms with Gasteiger partial charge in [-0.15, -0.1) is 0 Å². The summed E-state index contributed by atoms with van der Waals surface area (Å²) in [6.45, 7) is 5.75. The number of aryl methyl sites for hydroxylation is 2. The smallest absolute Gasteiger partial charge is 0.323 e. The summed E-state index contributed by atoms with van der Waals surface area (Å²) in [7, 11) is 0. The van der Waals surface area contributed by atoms with Crippen LogP contribution in [0.25, 0.3) is 0 Å². The first-order valence-corrected chi connectivity index (χ1v) is 7.93. The van der Waals surface area contributed by atoms with Gasteiger partial charge in [0.1, 0.15) is 6.54 Å². The van der Waals surface area contributed by atoms with Gasteiger partial charge in [0.15, 0.2) is 0 Å². The highest BCUT2D eigenvalue weighted by Crippen LogP contribution is 2.16. The molecule has 1 aromatic carbocycles. The van der Waals surface area contributed by atoms with Crippen LogP contribution >= 0.6 is 0 Å². The second-order valence-corrected chi connectivity index (χ2v) is 6.05. The third kappa shape index (κ3) is 4.68. The van der Waals surface area contributed by atoms with Crippen LogP contribution in [-0.2, 0) is 16.1 Å². The first-order chi connectivity index (χ1) is 11.4. The molecule has 0 bridgehead atoms. The fraction of sp³-hybridized carbons (Fsp3) is 0.389. The first-order valence-electron chi connectivity index (χ1n) is 7.93. The number of hydrogen-bond donors (Lipinski definition) is 1. The van der Waals surface area contributed by atoms with Gasteiger partial charge in [-0.05, 0) is 32.4 Å². The van der Waals surface area contributed by atoms with E-state index in [1.807, 2.05) is 61.9 Å². The molecule has 1 amide bonds. The van der Waals surface area contributed by atoms with Gasteiger partial charge in [-0.1, -0.05) is 30.3 Å². The zero-order chi connectivity index (χ0) is 17.7. The Bertz CT molecular complexity index is 710. The van der Waals surface area contributed by atoms with Crippen molar-refractivity contribution in [1.82, 2.24) is 14.7 Å². The lowest BCUT2D eigenvalue weighted by Crippen LogP contribution is -2.36. The Morgan fingerprint density at radius 3 is 2.46 bits per heavy atom. The lowest BCUT2D eigenvalue weighted by Gasteiger charge is -2.23. The zero-order valence-electron chi connectivity index (χ0n) is 14.3. The maximum absolute atomic E-state index is 12.6. The Morgan fingerprint density at radius 1 is 1.25 bits per heavy atom. The first kappa shape index (κ1) is 17.7. The summed E-state index contributed by atoms with van der Waals surface area (Å²) >= 11 is 0. The summed E-state index contributed by atoms with van der Waals surface area (Å²) in [5.41, 5.74) is 2.80. The molecule has 0 fully saturated rings. The van der Waals surface area contributed by atoms with Gasteiger partial charge >= 0.3 is 5.97 Å². The van der Waals surface area contributed by atoms with E-state index >= 15 is 0 Å². The summed E-state index contributed by atoms with van der Waals surface area (Å²) in [6, 6.07) is 11.2. The molecular formula is C18H23N3O3. The number of aliphatic carboxylic acids is 1. The number of aromatic nitrogens is 2. The number of nitrogens with zero attached hydrogens (tertiary/aromatic N) is 3. The molecule has 2 aromatic rings. The molecule has 0 aliphatic heterocycles. The van der Waals surface area contributed by atoms with E-state index in [2.05, 4.69) is 5.10 Å². The Hall–Kier alpha value is -2.63. The minimum Gasteiger partial charge on any atom is -0.480 e. The van der Waals surface area contributed by atoms with E-state index in [-0.39, 0.29) is 31.5 Å². The van der Waals surface area contributed by atoms with Crippen LogP contribution in [0, 0.1) is 13.8 Å². The lowest BCUT2D eigenvalue weighted by molar-refractivity contribution is -0.145. The summed E-state index contributed by atoms with van der Waals surface area (Å²) in [4.78, 5) is 25.1. The van der Waals surface area contributed by atoms with Crippen molar-refractivity contribution in [3.8, 4) is 0 Å². The fourth-order valence-corrected chi connectivity index (χ4v) is 2.76. The number of carbonyl (C=O) groups excluding carboxylic acids is 1. The van der Waals surface area contributed by atoms with Gasteiger partial charge in [0.05, 0.1) is 11.7 Å². The van der Waals surface area contributed by atoms with Crippen molar-refractivity contribution in [2.45, 2.75) is 39.8 Å². The Morgan fingerprint density at radius 2 is 1.92 bits per heavy atom. The van der Waals surface area contributed by atoms with Gasteiger partial charge in [0.2, 0.25) is 5.91 Å². The van der Waals surface area contributed by atoms with Gasteiger partial charge in [0.25, 0.3) is 0 Å². The van der Waals surface area contributed by atoms with Gasteiger partial charge in [0, 0.05) is 18.7 Å². The molecule has 1 heterocycles. The highest BCUT2D eigenvalue weighted by atomic mass is 16.4. The number of amides is 1. The molecule has 0 radical (unpaired) electrons. The molecule has 1 N–H and O–H groups in total. The van der Waals surface area contributed by atoms with Crippen LogP contribution in [0.1, 0.15) is 36.3 Å². The molecule has 1 atom stereocenters. The molecule has 128 valence electrons. The zero-order valence-corrected chi connectivity index (χ0v) is 14.3. The Labute approximate surface area is 141 Å². The summed E-state index contributed by atoms with van der Waals surface area (Å²) in [6.07, 6.45) is 0.210. The summed E-state index contributed by atoms with van der Waals surface area (Å²) < 4.78 is 1.81. The average Bonchev–Trinajstić information content (AvgIpc) is 2.86. The molecule has 2 rings (SSSR count). The predicted octanol–water partition coefficient (Wildman–Crippen LogP) is 2.56. The molecule has 0 spiro atoms. The number of carboxylic acids is 1. The van der Waals surface area contributed by atoms with Crippen LogP contribution in [0.5, 0.6) is 0 Å². The molecule has 6 heteroatoms. The topological polar surface area (TPSA) is 75.4 Å². The second-order valence-electron chi connectivity index (χ2n) is 6.05. The molecule has 1 aromatic heterocycles. The van der Waals surface area contributed by atoms with Gasteiger partial charge < -0.3 is 10.0 Å². The van der Waals surface area contributed by atoms with E-state index in [1.54, 1.807) is 0 Å². The van der Waals surface area contributed by atoms with Crippen molar-refractivity contribution in [3.05, 3.63) is 53.3 Å². The highest BCUT2D eigenvalue weighted by Gasteiger charge is 2.21. The molecule has 0 aliphatic rings. The van der Waals surface area contributed by atoms with Crippen molar-refractivity contribution >= 4 is 11.9 Å². The minimum absolute atomic E-state index is 0.127. The van der Waals surface area contributed by atoms with E-state index in [1.165, 1.54) is 4.90 Å². The van der Waals surface area contributed by atoms with Crippen molar-refractivity contribution in [3.63, 3.8) is 0 Å². The van der Waals surface area contributed by atoms with Crippen LogP contribution in [0.2, 0.25) is 0 Å². The molecule has 1 unspecified atom stereocenters. The maximum atomic E-state index is 12.6. The van der Waals surface area contributed by atoms with Crippen molar-refractivity contribution < 1.29 is 14.7 Å². The standard InChI is InChI=1S/C18H23N3O3/c1-13-9-14(2)21(19-13)15(3)10-17(22)20(12-18(23)24)11-16-7-5-4-6-8-16/h4-9,15H,10-12H2,1-3H3,(H,23,24). The van der Waals surface area contributed by atoms with Gasteiger partial charge in [-0.3, -0.25) is 14.3 Å². The predicted molar refractivity (Wildman–Crippen MR) is 90.5 cm³/mol. The van der Waals surface area contributed by atoms with Crippen LogP contribution < -0.4 is 0 Å². The van der Waals surface area contributed by atoms with Crippen molar-refractivity contribution in [1.29, 1.82) is 0 Å². The molecule has 6 nitrogen and oxygen atoms in total.